The summed E-state index contributed by atoms with van der Waals surface area (Å²) in [6.45, 7) is 2.85. The minimum Gasteiger partial charge on any atom is -0.389 e. The first-order valence-corrected chi connectivity index (χ1v) is 9.42. The molecule has 2 N–H and O–H groups in total. The van der Waals surface area contributed by atoms with Crippen molar-refractivity contribution < 1.29 is 14.6 Å². The molecule has 2 unspecified atom stereocenters. The average Bonchev–Trinajstić information content (AvgIpc) is 3.00. The van der Waals surface area contributed by atoms with Crippen molar-refractivity contribution in [2.45, 2.75) is 50.2 Å². The van der Waals surface area contributed by atoms with Crippen LogP contribution in [0.3, 0.4) is 0 Å². The fourth-order valence-corrected chi connectivity index (χ4v) is 4.17. The number of ether oxygens (including phenoxy) is 1. The molecule has 0 spiro atoms. The molecule has 138 valence electrons. The molecule has 0 radical (unpaired) electrons. The summed E-state index contributed by atoms with van der Waals surface area (Å²) in [7, 11) is 1.60. The number of aryl methyl sites for hydroxylation is 1. The monoisotopic (exact) mass is 346 g/mol. The number of aliphatic hydroxyl groups excluding tert-OH is 1. The Balaban J connectivity index is 1.40. The van der Waals surface area contributed by atoms with E-state index in [0.29, 0.717) is 25.5 Å². The molecule has 2 aliphatic rings. The van der Waals surface area contributed by atoms with Crippen LogP contribution in [0.25, 0.3) is 0 Å². The minimum absolute atomic E-state index is 0.180. The maximum atomic E-state index is 12.4. The summed E-state index contributed by atoms with van der Waals surface area (Å²) in [5.74, 6) is 0.556. The molecule has 1 fully saturated rings. The van der Waals surface area contributed by atoms with Gasteiger partial charge in [0.15, 0.2) is 0 Å². The van der Waals surface area contributed by atoms with Crippen molar-refractivity contribution >= 4 is 5.91 Å². The molecule has 1 heterocycles. The lowest BCUT2D eigenvalue weighted by Crippen LogP contribution is -2.47. The highest BCUT2D eigenvalue weighted by Gasteiger charge is 2.26. The van der Waals surface area contributed by atoms with Crippen LogP contribution in [0.1, 0.15) is 42.7 Å². The number of likely N-dealkylation sites (tertiary alicyclic amines) is 1. The van der Waals surface area contributed by atoms with E-state index >= 15 is 0 Å². The first-order chi connectivity index (χ1) is 12.2. The van der Waals surface area contributed by atoms with Crippen LogP contribution in [0.15, 0.2) is 24.3 Å². The van der Waals surface area contributed by atoms with E-state index in [9.17, 15) is 9.90 Å². The number of hydrogen-bond acceptors (Lipinski definition) is 4. The number of carbonyl (C=O) groups excluding carboxylic acids is 1. The second kappa shape index (κ2) is 8.79. The summed E-state index contributed by atoms with van der Waals surface area (Å²) in [5, 5.41) is 13.0. The van der Waals surface area contributed by atoms with Crippen molar-refractivity contribution in [3.05, 3.63) is 35.4 Å². The molecule has 1 aliphatic carbocycles. The van der Waals surface area contributed by atoms with Gasteiger partial charge in [0.2, 0.25) is 5.91 Å². The topological polar surface area (TPSA) is 61.8 Å². The summed E-state index contributed by atoms with van der Waals surface area (Å²) in [5.41, 5.74) is 2.77. The number of nitrogens with zero attached hydrogens (tertiary/aromatic N) is 1. The Morgan fingerprint density at radius 2 is 2.08 bits per heavy atom. The molecule has 25 heavy (non-hydrogen) atoms. The van der Waals surface area contributed by atoms with Crippen LogP contribution in [0, 0.1) is 0 Å². The van der Waals surface area contributed by atoms with Gasteiger partial charge in [-0.3, -0.25) is 4.79 Å². The van der Waals surface area contributed by atoms with Gasteiger partial charge in [-0.05, 0) is 42.7 Å². The van der Waals surface area contributed by atoms with Gasteiger partial charge >= 0.3 is 0 Å². The maximum absolute atomic E-state index is 12.4. The van der Waals surface area contributed by atoms with E-state index in [1.807, 2.05) is 0 Å². The zero-order valence-corrected chi connectivity index (χ0v) is 15.1. The number of carbonyl (C=O) groups is 1. The molecule has 0 bridgehead atoms. The van der Waals surface area contributed by atoms with Crippen LogP contribution in [-0.2, 0) is 16.0 Å². The molecule has 1 saturated heterocycles. The third-order valence-corrected chi connectivity index (χ3v) is 5.47. The molecule has 1 aromatic carbocycles. The van der Waals surface area contributed by atoms with Crippen LogP contribution in [-0.4, -0.2) is 61.4 Å². The van der Waals surface area contributed by atoms with Gasteiger partial charge in [0.25, 0.3) is 0 Å². The Bertz CT molecular complexity index is 570. The minimum atomic E-state index is -0.432. The van der Waals surface area contributed by atoms with Gasteiger partial charge in [-0.2, -0.15) is 0 Å². The average molecular weight is 346 g/mol. The lowest BCUT2D eigenvalue weighted by Gasteiger charge is -2.33. The van der Waals surface area contributed by atoms with E-state index in [-0.39, 0.29) is 11.9 Å². The van der Waals surface area contributed by atoms with Gasteiger partial charge in [0, 0.05) is 39.2 Å². The van der Waals surface area contributed by atoms with E-state index in [1.165, 1.54) is 11.1 Å². The predicted molar refractivity (Wildman–Crippen MR) is 97.6 cm³/mol. The Hall–Kier alpha value is -1.43. The van der Waals surface area contributed by atoms with Crippen molar-refractivity contribution in [2.24, 2.45) is 0 Å². The zero-order valence-electron chi connectivity index (χ0n) is 15.1. The summed E-state index contributed by atoms with van der Waals surface area (Å²) >= 11 is 0. The third-order valence-electron chi connectivity index (χ3n) is 5.47. The predicted octanol–water partition coefficient (Wildman–Crippen LogP) is 1.69. The number of hydrogen-bond donors (Lipinski definition) is 2. The SMILES string of the molecule is COCC(O)CN1CCC(NC(=O)CC2CCc3ccccc32)CC1. The van der Waals surface area contributed by atoms with E-state index in [2.05, 4.69) is 34.5 Å². The molecule has 1 aliphatic heterocycles. The Kier molecular flexibility index (Phi) is 6.45. The number of rotatable bonds is 7. The summed E-state index contributed by atoms with van der Waals surface area (Å²) < 4.78 is 4.97. The number of methoxy groups -OCH3 is 1. The lowest BCUT2D eigenvalue weighted by molar-refractivity contribution is -0.122. The number of aliphatic hydroxyl groups is 1. The molecule has 1 aromatic rings. The van der Waals surface area contributed by atoms with Crippen molar-refractivity contribution in [3.8, 4) is 0 Å². The van der Waals surface area contributed by atoms with E-state index < -0.39 is 6.10 Å². The molecule has 5 nitrogen and oxygen atoms in total. The molecular weight excluding hydrogens is 316 g/mol. The van der Waals surface area contributed by atoms with Crippen molar-refractivity contribution in [2.75, 3.05) is 33.4 Å². The highest BCUT2D eigenvalue weighted by molar-refractivity contribution is 5.77. The van der Waals surface area contributed by atoms with Gasteiger partial charge in [-0.1, -0.05) is 24.3 Å². The van der Waals surface area contributed by atoms with Gasteiger partial charge in [0.05, 0.1) is 12.7 Å². The first kappa shape index (κ1) is 18.4. The number of nitrogens with one attached hydrogen (secondary N) is 1. The number of benzene rings is 1. The number of piperidine rings is 1. The van der Waals surface area contributed by atoms with E-state index in [4.69, 9.17) is 4.74 Å². The largest absolute Gasteiger partial charge is 0.389 e. The van der Waals surface area contributed by atoms with E-state index in [1.54, 1.807) is 7.11 Å². The summed E-state index contributed by atoms with van der Waals surface area (Å²) in [6.07, 6.45) is 4.25. The Labute approximate surface area is 150 Å². The molecule has 3 rings (SSSR count). The molecule has 0 aromatic heterocycles. The van der Waals surface area contributed by atoms with Crippen molar-refractivity contribution in [1.82, 2.24) is 10.2 Å². The van der Waals surface area contributed by atoms with Gasteiger partial charge < -0.3 is 20.1 Å². The van der Waals surface area contributed by atoms with Crippen molar-refractivity contribution in [1.29, 1.82) is 0 Å². The Morgan fingerprint density at radius 3 is 2.84 bits per heavy atom. The van der Waals surface area contributed by atoms with Crippen LogP contribution in [0.2, 0.25) is 0 Å². The van der Waals surface area contributed by atoms with E-state index in [0.717, 1.165) is 38.8 Å². The number of fused-ring (bicyclic) bond motifs is 1. The second-order valence-corrected chi connectivity index (χ2v) is 7.39. The summed E-state index contributed by atoms with van der Waals surface area (Å²) in [6, 6.07) is 8.77. The van der Waals surface area contributed by atoms with Crippen LogP contribution >= 0.6 is 0 Å². The molecule has 5 heteroatoms. The summed E-state index contributed by atoms with van der Waals surface area (Å²) in [4.78, 5) is 14.7. The molecule has 1 amide bonds. The molecular formula is C20H30N2O3. The highest BCUT2D eigenvalue weighted by Crippen LogP contribution is 2.35. The highest BCUT2D eigenvalue weighted by atomic mass is 16.5. The Morgan fingerprint density at radius 1 is 1.32 bits per heavy atom. The smallest absolute Gasteiger partial charge is 0.220 e. The van der Waals surface area contributed by atoms with Crippen LogP contribution in [0.5, 0.6) is 0 Å². The molecule has 0 saturated carbocycles. The maximum Gasteiger partial charge on any atom is 0.220 e. The fraction of sp³-hybridized carbons (Fsp3) is 0.650. The van der Waals surface area contributed by atoms with Crippen LogP contribution < -0.4 is 5.32 Å². The number of amides is 1. The van der Waals surface area contributed by atoms with Gasteiger partial charge in [-0.15, -0.1) is 0 Å². The van der Waals surface area contributed by atoms with Gasteiger partial charge in [-0.25, -0.2) is 0 Å². The molecule has 2 atom stereocenters. The van der Waals surface area contributed by atoms with Gasteiger partial charge in [0.1, 0.15) is 0 Å². The fourth-order valence-electron chi connectivity index (χ4n) is 4.17. The quantitative estimate of drug-likeness (QED) is 0.789. The zero-order chi connectivity index (χ0) is 17.6. The normalized spacial score (nSPS) is 22.6. The second-order valence-electron chi connectivity index (χ2n) is 7.39. The first-order valence-electron chi connectivity index (χ1n) is 9.42. The lowest BCUT2D eigenvalue weighted by atomic mass is 9.97. The third kappa shape index (κ3) is 5.03. The standard InChI is InChI=1S/C20H30N2O3/c1-25-14-18(23)13-22-10-8-17(9-11-22)21-20(24)12-16-7-6-15-4-2-3-5-19(15)16/h2-5,16-18,23H,6-14H2,1H3,(H,21,24). The van der Waals surface area contributed by atoms with Crippen LogP contribution in [0.4, 0.5) is 0 Å². The van der Waals surface area contributed by atoms with Crippen molar-refractivity contribution in [3.63, 3.8) is 0 Å². The number of β-amino-alcohol motifs (C(OH)–C–C–N with tert-alkyl or cyclic N) is 1.